The van der Waals surface area contributed by atoms with Gasteiger partial charge in [-0.25, -0.2) is 14.4 Å². The number of halogens is 1. The number of amides is 1. The van der Waals surface area contributed by atoms with E-state index in [1.54, 1.807) is 0 Å². The molecule has 7 nitrogen and oxygen atoms in total. The minimum atomic E-state index is -1.43. The molecule has 1 saturated carbocycles. The third-order valence-corrected chi connectivity index (χ3v) is 4.96. The van der Waals surface area contributed by atoms with Gasteiger partial charge in [-0.1, -0.05) is 17.7 Å². The zero-order valence-corrected chi connectivity index (χ0v) is 15.5. The largest absolute Gasteiger partial charge is 0.364 e. The summed E-state index contributed by atoms with van der Waals surface area (Å²) >= 11 is 0. The first kappa shape index (κ1) is 19.0. The number of aromatic nitrogens is 2. The fourth-order valence-electron chi connectivity index (χ4n) is 3.28. The summed E-state index contributed by atoms with van der Waals surface area (Å²) in [6.45, 7) is 3.51. The molecule has 1 aliphatic carbocycles. The maximum atomic E-state index is 14.5. The normalized spacial score (nSPS) is 25.0. The van der Waals surface area contributed by atoms with Crippen molar-refractivity contribution in [1.82, 2.24) is 9.97 Å². The fraction of sp³-hybridized carbons (Fsp3) is 0.421. The molecule has 3 rings (SSSR count). The van der Waals surface area contributed by atoms with E-state index in [4.69, 9.17) is 11.5 Å². The lowest BCUT2D eigenvalue weighted by atomic mass is 9.80. The maximum Gasteiger partial charge on any atom is 0.271 e. The number of anilines is 3. The van der Waals surface area contributed by atoms with Gasteiger partial charge in [0.1, 0.15) is 11.5 Å². The standard InChI is InChI=1S/C19H25FN6O/c1-11-5-7-12(8-6-11)24-18-15(17(22)27)23-10-14(26-18)25-13-4-3-9-19(2,20)16(13)21/h5-8,10,13,16H,3-4,9,21H2,1-2H3,(H2,22,27)(H2,24,25,26). The Bertz CT molecular complexity index is 823. The van der Waals surface area contributed by atoms with Crippen molar-refractivity contribution < 1.29 is 9.18 Å². The number of aryl methyl sites for hydroxylation is 1. The summed E-state index contributed by atoms with van der Waals surface area (Å²) in [5, 5.41) is 6.22. The molecule has 0 aliphatic heterocycles. The van der Waals surface area contributed by atoms with Crippen molar-refractivity contribution in [3.63, 3.8) is 0 Å². The van der Waals surface area contributed by atoms with Gasteiger partial charge >= 0.3 is 0 Å². The topological polar surface area (TPSA) is 119 Å². The maximum absolute atomic E-state index is 14.5. The minimum absolute atomic E-state index is 0.0318. The van der Waals surface area contributed by atoms with E-state index in [1.165, 1.54) is 13.1 Å². The summed E-state index contributed by atoms with van der Waals surface area (Å²) in [5.74, 6) is -0.0362. The molecule has 1 amide bonds. The van der Waals surface area contributed by atoms with Crippen LogP contribution in [0, 0.1) is 6.92 Å². The van der Waals surface area contributed by atoms with Crippen molar-refractivity contribution >= 4 is 23.2 Å². The van der Waals surface area contributed by atoms with Gasteiger partial charge in [0.05, 0.1) is 12.2 Å². The summed E-state index contributed by atoms with van der Waals surface area (Å²) in [6.07, 6.45) is 3.33. The number of alkyl halides is 1. The number of nitrogens with one attached hydrogen (secondary N) is 2. The van der Waals surface area contributed by atoms with E-state index in [1.807, 2.05) is 31.2 Å². The lowest BCUT2D eigenvalue weighted by molar-refractivity contribution is 0.0946. The molecule has 27 heavy (non-hydrogen) atoms. The van der Waals surface area contributed by atoms with Crippen LogP contribution in [0.25, 0.3) is 0 Å². The number of primary amides is 1. The summed E-state index contributed by atoms with van der Waals surface area (Å²) < 4.78 is 14.5. The lowest BCUT2D eigenvalue weighted by Crippen LogP contribution is -2.55. The van der Waals surface area contributed by atoms with Crippen LogP contribution in [0.4, 0.5) is 21.7 Å². The number of nitrogens with two attached hydrogens (primary N) is 2. The molecule has 144 valence electrons. The second-order valence-electron chi connectivity index (χ2n) is 7.25. The number of hydrogen-bond acceptors (Lipinski definition) is 6. The highest BCUT2D eigenvalue weighted by Gasteiger charge is 2.40. The van der Waals surface area contributed by atoms with Crippen molar-refractivity contribution in [3.8, 4) is 0 Å². The van der Waals surface area contributed by atoms with Crippen molar-refractivity contribution in [2.45, 2.75) is 50.9 Å². The van der Waals surface area contributed by atoms with E-state index >= 15 is 0 Å². The minimum Gasteiger partial charge on any atom is -0.364 e. The molecule has 8 heteroatoms. The zero-order chi connectivity index (χ0) is 19.6. The first-order valence-corrected chi connectivity index (χ1v) is 8.98. The first-order chi connectivity index (χ1) is 12.8. The second kappa shape index (κ2) is 7.48. The molecule has 3 unspecified atom stereocenters. The van der Waals surface area contributed by atoms with Gasteiger partial charge in [-0.05, 0) is 45.2 Å². The Hall–Kier alpha value is -2.74. The number of hydrogen-bond donors (Lipinski definition) is 4. The van der Waals surface area contributed by atoms with Crippen LogP contribution in [-0.2, 0) is 0 Å². The van der Waals surface area contributed by atoms with Gasteiger partial charge in [0, 0.05) is 11.7 Å². The monoisotopic (exact) mass is 372 g/mol. The fourth-order valence-corrected chi connectivity index (χ4v) is 3.28. The van der Waals surface area contributed by atoms with E-state index in [0.29, 0.717) is 12.2 Å². The summed E-state index contributed by atoms with van der Waals surface area (Å²) in [5.41, 5.74) is 12.0. The van der Waals surface area contributed by atoms with Gasteiger partial charge < -0.3 is 22.1 Å². The quantitative estimate of drug-likeness (QED) is 0.641. The molecule has 1 heterocycles. The molecule has 1 aliphatic rings. The predicted octanol–water partition coefficient (Wildman–Crippen LogP) is 2.65. The van der Waals surface area contributed by atoms with Gasteiger partial charge in [0.2, 0.25) is 0 Å². The lowest BCUT2D eigenvalue weighted by Gasteiger charge is -2.39. The highest BCUT2D eigenvalue weighted by Crippen LogP contribution is 2.32. The van der Waals surface area contributed by atoms with Crippen LogP contribution in [-0.4, -0.2) is 33.6 Å². The molecule has 0 saturated heterocycles. The first-order valence-electron chi connectivity index (χ1n) is 8.98. The van der Waals surface area contributed by atoms with Crippen molar-refractivity contribution in [2.75, 3.05) is 10.6 Å². The number of benzene rings is 1. The zero-order valence-electron chi connectivity index (χ0n) is 15.5. The molecule has 0 radical (unpaired) electrons. The van der Waals surface area contributed by atoms with Gasteiger partial charge in [0.25, 0.3) is 5.91 Å². The molecule has 1 aromatic carbocycles. The second-order valence-corrected chi connectivity index (χ2v) is 7.25. The van der Waals surface area contributed by atoms with Crippen LogP contribution in [0.5, 0.6) is 0 Å². The van der Waals surface area contributed by atoms with E-state index in [2.05, 4.69) is 20.6 Å². The van der Waals surface area contributed by atoms with Gasteiger partial charge in [-0.15, -0.1) is 0 Å². The van der Waals surface area contributed by atoms with Gasteiger partial charge in [-0.3, -0.25) is 4.79 Å². The number of carbonyl (C=O) groups excluding carboxylic acids is 1. The van der Waals surface area contributed by atoms with E-state index < -0.39 is 17.6 Å². The SMILES string of the molecule is Cc1ccc(Nc2nc(NC3CCCC(C)(F)C3N)cnc2C(N)=O)cc1. The van der Waals surface area contributed by atoms with Crippen LogP contribution in [0.3, 0.4) is 0 Å². The molecular formula is C19H25FN6O. The number of nitrogens with zero attached hydrogens (tertiary/aromatic N) is 2. The van der Waals surface area contributed by atoms with Crippen molar-refractivity contribution in [1.29, 1.82) is 0 Å². The van der Waals surface area contributed by atoms with E-state index in [9.17, 15) is 9.18 Å². The smallest absolute Gasteiger partial charge is 0.271 e. The Morgan fingerprint density at radius 3 is 2.70 bits per heavy atom. The van der Waals surface area contributed by atoms with Crippen LogP contribution in [0.2, 0.25) is 0 Å². The number of rotatable bonds is 5. The Morgan fingerprint density at radius 2 is 2.04 bits per heavy atom. The van der Waals surface area contributed by atoms with E-state index in [0.717, 1.165) is 24.1 Å². The Morgan fingerprint density at radius 1 is 1.33 bits per heavy atom. The molecule has 3 atom stereocenters. The highest BCUT2D eigenvalue weighted by atomic mass is 19.1. The van der Waals surface area contributed by atoms with Crippen LogP contribution >= 0.6 is 0 Å². The number of carbonyl (C=O) groups is 1. The molecule has 2 aromatic rings. The van der Waals surface area contributed by atoms with Crippen LogP contribution in [0.15, 0.2) is 30.5 Å². The third-order valence-electron chi connectivity index (χ3n) is 4.96. The molecule has 0 bridgehead atoms. The highest BCUT2D eigenvalue weighted by molar-refractivity contribution is 5.96. The molecule has 1 fully saturated rings. The Balaban J connectivity index is 1.84. The molecule has 1 aromatic heterocycles. The molecule has 6 N–H and O–H groups in total. The van der Waals surface area contributed by atoms with Gasteiger partial charge in [-0.2, -0.15) is 0 Å². The summed E-state index contributed by atoms with van der Waals surface area (Å²) in [4.78, 5) is 20.2. The Kier molecular flexibility index (Phi) is 5.27. The average molecular weight is 372 g/mol. The Labute approximate surface area is 157 Å². The van der Waals surface area contributed by atoms with Crippen molar-refractivity contribution in [2.24, 2.45) is 11.5 Å². The predicted molar refractivity (Wildman–Crippen MR) is 104 cm³/mol. The summed E-state index contributed by atoms with van der Waals surface area (Å²) in [7, 11) is 0. The molecule has 0 spiro atoms. The average Bonchev–Trinajstić information content (AvgIpc) is 2.61. The van der Waals surface area contributed by atoms with E-state index in [-0.39, 0.29) is 17.6 Å². The molecular weight excluding hydrogens is 347 g/mol. The third kappa shape index (κ3) is 4.33. The van der Waals surface area contributed by atoms with Crippen LogP contribution in [0.1, 0.15) is 42.2 Å². The summed E-state index contributed by atoms with van der Waals surface area (Å²) in [6, 6.07) is 6.68. The van der Waals surface area contributed by atoms with Gasteiger partial charge in [0.15, 0.2) is 11.5 Å². The van der Waals surface area contributed by atoms with Crippen LogP contribution < -0.4 is 22.1 Å². The van der Waals surface area contributed by atoms with Crippen molar-refractivity contribution in [3.05, 3.63) is 41.7 Å².